The Labute approximate surface area is 177 Å². The molecule has 0 bridgehead atoms. The van der Waals surface area contributed by atoms with Crippen molar-refractivity contribution in [3.63, 3.8) is 0 Å². The summed E-state index contributed by atoms with van der Waals surface area (Å²) < 4.78 is 5.87. The Morgan fingerprint density at radius 3 is 2.67 bits per heavy atom. The van der Waals surface area contributed by atoms with Gasteiger partial charge in [-0.15, -0.1) is 0 Å². The first kappa shape index (κ1) is 19.5. The van der Waals surface area contributed by atoms with E-state index < -0.39 is 4.92 Å². The van der Waals surface area contributed by atoms with Crippen LogP contribution < -0.4 is 0 Å². The van der Waals surface area contributed by atoms with Crippen LogP contribution in [0.1, 0.15) is 11.1 Å². The Morgan fingerprint density at radius 2 is 1.90 bits per heavy atom. The Hall–Kier alpha value is -3.77. The fraction of sp³-hybridized carbons (Fsp3) is 0.0435. The lowest BCUT2D eigenvalue weighted by Crippen LogP contribution is -1.86. The molecule has 3 aromatic carbocycles. The molecule has 0 fully saturated rings. The maximum Gasteiger partial charge on any atom is 0.269 e. The highest BCUT2D eigenvalue weighted by atomic mass is 35.5. The predicted octanol–water partition coefficient (Wildman–Crippen LogP) is 6.78. The first-order chi connectivity index (χ1) is 14.5. The number of nitro benzene ring substituents is 1. The van der Waals surface area contributed by atoms with Gasteiger partial charge in [-0.25, -0.2) is 4.98 Å². The number of fused-ring (bicyclic) bond motifs is 1. The second-order valence-electron chi connectivity index (χ2n) is 6.64. The number of benzene rings is 3. The van der Waals surface area contributed by atoms with Gasteiger partial charge in [0.1, 0.15) is 5.52 Å². The van der Waals surface area contributed by atoms with Crippen molar-refractivity contribution in [2.24, 2.45) is 4.99 Å². The van der Waals surface area contributed by atoms with Crippen molar-refractivity contribution >= 4 is 46.4 Å². The smallest absolute Gasteiger partial charge is 0.269 e. The average molecular weight is 418 g/mol. The molecule has 30 heavy (non-hydrogen) atoms. The van der Waals surface area contributed by atoms with Crippen molar-refractivity contribution in [3.05, 3.63) is 93.0 Å². The third kappa shape index (κ3) is 4.29. The number of oxazole rings is 1. The molecular formula is C23H16ClN3O3. The molecule has 7 heteroatoms. The molecule has 0 radical (unpaired) electrons. The largest absolute Gasteiger partial charge is 0.436 e. The van der Waals surface area contributed by atoms with E-state index in [0.29, 0.717) is 27.7 Å². The molecular weight excluding hydrogens is 402 g/mol. The lowest BCUT2D eigenvalue weighted by molar-refractivity contribution is -0.384. The first-order valence-corrected chi connectivity index (χ1v) is 9.50. The van der Waals surface area contributed by atoms with E-state index in [0.717, 1.165) is 16.6 Å². The van der Waals surface area contributed by atoms with E-state index in [1.807, 2.05) is 37.3 Å². The van der Waals surface area contributed by atoms with E-state index in [1.54, 1.807) is 36.6 Å². The number of nitrogens with zero attached hydrogens (tertiary/aromatic N) is 3. The zero-order valence-corrected chi connectivity index (χ0v) is 16.7. The van der Waals surface area contributed by atoms with Gasteiger partial charge in [-0.3, -0.25) is 15.1 Å². The van der Waals surface area contributed by atoms with Gasteiger partial charge in [-0.2, -0.15) is 0 Å². The molecule has 148 valence electrons. The number of hydrogen-bond acceptors (Lipinski definition) is 5. The summed E-state index contributed by atoms with van der Waals surface area (Å²) in [5, 5.41) is 11.2. The summed E-state index contributed by atoms with van der Waals surface area (Å²) in [5.41, 5.74) is 4.83. The van der Waals surface area contributed by atoms with E-state index in [-0.39, 0.29) is 5.69 Å². The second-order valence-corrected chi connectivity index (χ2v) is 7.05. The van der Waals surface area contributed by atoms with Crippen LogP contribution in [0.3, 0.4) is 0 Å². The highest BCUT2D eigenvalue weighted by molar-refractivity contribution is 6.33. The van der Waals surface area contributed by atoms with Crippen LogP contribution in [-0.2, 0) is 0 Å². The molecule has 0 aliphatic rings. The van der Waals surface area contributed by atoms with Crippen molar-refractivity contribution in [1.29, 1.82) is 0 Å². The highest BCUT2D eigenvalue weighted by Gasteiger charge is 2.12. The molecule has 0 amide bonds. The van der Waals surface area contributed by atoms with E-state index in [1.165, 1.54) is 12.1 Å². The van der Waals surface area contributed by atoms with E-state index in [2.05, 4.69) is 9.98 Å². The van der Waals surface area contributed by atoms with Gasteiger partial charge in [0, 0.05) is 18.3 Å². The topological polar surface area (TPSA) is 81.5 Å². The molecule has 1 heterocycles. The maximum absolute atomic E-state index is 10.7. The number of allylic oxidation sites excluding steroid dienone is 1. The van der Waals surface area contributed by atoms with Crippen LogP contribution in [0.2, 0.25) is 5.02 Å². The number of aromatic nitrogens is 1. The fourth-order valence-electron chi connectivity index (χ4n) is 2.89. The third-order valence-corrected chi connectivity index (χ3v) is 4.76. The van der Waals surface area contributed by atoms with Crippen molar-refractivity contribution < 1.29 is 9.34 Å². The molecule has 0 atom stereocenters. The van der Waals surface area contributed by atoms with E-state index in [9.17, 15) is 10.1 Å². The SMILES string of the molecule is Cc1ccc2nc(-c3cc(N=C/C=C/c4ccc([N+](=O)[O-])cc4)ccc3Cl)oc2c1. The number of halogens is 1. The van der Waals surface area contributed by atoms with Crippen molar-refractivity contribution in [2.75, 3.05) is 0 Å². The van der Waals surface area contributed by atoms with Crippen LogP contribution in [0.4, 0.5) is 11.4 Å². The summed E-state index contributed by atoms with van der Waals surface area (Å²) in [6, 6.07) is 17.5. The second kappa shape index (κ2) is 8.31. The molecule has 0 saturated carbocycles. The van der Waals surface area contributed by atoms with Crippen LogP contribution >= 0.6 is 11.6 Å². The van der Waals surface area contributed by atoms with E-state index in [4.69, 9.17) is 16.0 Å². The normalized spacial score (nSPS) is 11.7. The lowest BCUT2D eigenvalue weighted by Gasteiger charge is -2.01. The summed E-state index contributed by atoms with van der Waals surface area (Å²) in [7, 11) is 0. The Bertz CT molecular complexity index is 1290. The van der Waals surface area contributed by atoms with Crippen LogP contribution in [0, 0.1) is 17.0 Å². The number of non-ortho nitro benzene ring substituents is 1. The van der Waals surface area contributed by atoms with Gasteiger partial charge in [-0.1, -0.05) is 23.7 Å². The maximum atomic E-state index is 10.7. The van der Waals surface area contributed by atoms with Crippen molar-refractivity contribution in [1.82, 2.24) is 4.98 Å². The summed E-state index contributed by atoms with van der Waals surface area (Å²) in [4.78, 5) is 19.2. The zero-order chi connectivity index (χ0) is 21.1. The number of aliphatic imine (C=N–C) groups is 1. The average Bonchev–Trinajstić information content (AvgIpc) is 3.15. The molecule has 4 aromatic rings. The van der Waals surface area contributed by atoms with Gasteiger partial charge in [0.2, 0.25) is 5.89 Å². The molecule has 6 nitrogen and oxygen atoms in total. The zero-order valence-electron chi connectivity index (χ0n) is 15.9. The Kier molecular flexibility index (Phi) is 5.41. The summed E-state index contributed by atoms with van der Waals surface area (Å²) in [5.74, 6) is 0.444. The van der Waals surface area contributed by atoms with Crippen LogP contribution in [0.25, 0.3) is 28.6 Å². The molecule has 0 saturated heterocycles. The first-order valence-electron chi connectivity index (χ1n) is 9.12. The van der Waals surface area contributed by atoms with Crippen LogP contribution in [-0.4, -0.2) is 16.1 Å². The summed E-state index contributed by atoms with van der Waals surface area (Å²) >= 11 is 6.35. The molecule has 0 spiro atoms. The van der Waals surface area contributed by atoms with Gasteiger partial charge >= 0.3 is 0 Å². The van der Waals surface area contributed by atoms with Gasteiger partial charge < -0.3 is 4.42 Å². The number of hydrogen-bond donors (Lipinski definition) is 0. The van der Waals surface area contributed by atoms with E-state index >= 15 is 0 Å². The van der Waals surface area contributed by atoms with Gasteiger partial charge in [0.25, 0.3) is 5.69 Å². The fourth-order valence-corrected chi connectivity index (χ4v) is 3.09. The molecule has 4 rings (SSSR count). The van der Waals surface area contributed by atoms with Crippen molar-refractivity contribution in [3.8, 4) is 11.5 Å². The molecule has 1 aromatic heterocycles. The highest BCUT2D eigenvalue weighted by Crippen LogP contribution is 2.33. The number of nitro groups is 1. The molecule has 0 aliphatic carbocycles. The standard InChI is InChI=1S/C23H16ClN3O3/c1-15-4-11-21-22(13-15)30-23(26-21)19-14-17(7-10-20(19)24)25-12-2-3-16-5-8-18(9-6-16)27(28)29/h2-14H,1H3/b3-2+,25-12?. The van der Waals surface area contributed by atoms with Crippen LogP contribution in [0.15, 0.2) is 76.1 Å². The summed E-state index contributed by atoms with van der Waals surface area (Å²) in [6.07, 6.45) is 5.22. The Balaban J connectivity index is 1.54. The molecule has 0 N–H and O–H groups in total. The quantitative estimate of drug-likeness (QED) is 0.203. The number of aryl methyl sites for hydroxylation is 1. The molecule has 0 unspecified atom stereocenters. The summed E-state index contributed by atoms with van der Waals surface area (Å²) in [6.45, 7) is 1.99. The van der Waals surface area contributed by atoms with Crippen molar-refractivity contribution in [2.45, 2.75) is 6.92 Å². The number of rotatable bonds is 5. The van der Waals surface area contributed by atoms with Gasteiger partial charge in [0.05, 0.1) is 21.2 Å². The minimum Gasteiger partial charge on any atom is -0.436 e. The predicted molar refractivity (Wildman–Crippen MR) is 119 cm³/mol. The monoisotopic (exact) mass is 417 g/mol. The minimum absolute atomic E-state index is 0.0591. The van der Waals surface area contributed by atoms with Gasteiger partial charge in [0.15, 0.2) is 5.58 Å². The van der Waals surface area contributed by atoms with Crippen LogP contribution in [0.5, 0.6) is 0 Å². The minimum atomic E-state index is -0.425. The third-order valence-electron chi connectivity index (χ3n) is 4.43. The molecule has 0 aliphatic heterocycles. The lowest BCUT2D eigenvalue weighted by atomic mass is 10.2. The Morgan fingerprint density at radius 1 is 1.10 bits per heavy atom. The van der Waals surface area contributed by atoms with Gasteiger partial charge in [-0.05, 0) is 66.6 Å².